The number of esters is 2. The summed E-state index contributed by atoms with van der Waals surface area (Å²) in [6, 6.07) is 0. The van der Waals surface area contributed by atoms with Gasteiger partial charge in [-0.25, -0.2) is 4.57 Å². The van der Waals surface area contributed by atoms with Crippen LogP contribution in [0, 0.1) is 0 Å². The number of hydrogen-bond acceptors (Lipinski definition) is 8. The predicted molar refractivity (Wildman–Crippen MR) is 243 cm³/mol. The Balaban J connectivity index is 4.56. The number of rotatable bonds is 39. The predicted octanol–water partition coefficient (Wildman–Crippen LogP) is 12.0. The van der Waals surface area contributed by atoms with Gasteiger partial charge in [0.1, 0.15) is 19.8 Å². The molecule has 0 aromatic carbocycles. The van der Waals surface area contributed by atoms with Crippen LogP contribution < -0.4 is 0 Å². The number of hydrogen-bond donors (Lipinski definition) is 1. The third-order valence-corrected chi connectivity index (χ3v) is 9.86. The lowest BCUT2D eigenvalue weighted by Crippen LogP contribution is -2.37. The molecule has 0 bridgehead atoms. The van der Waals surface area contributed by atoms with Crippen LogP contribution in [-0.2, 0) is 37.5 Å². The van der Waals surface area contributed by atoms with Crippen LogP contribution in [0.4, 0.5) is 0 Å². The van der Waals surface area contributed by atoms with Gasteiger partial charge in [0.2, 0.25) is 0 Å². The van der Waals surface area contributed by atoms with E-state index in [1.165, 1.54) is 25.7 Å². The summed E-state index contributed by atoms with van der Waals surface area (Å²) in [5, 5.41) is 0. The highest BCUT2D eigenvalue weighted by atomic mass is 31.2. The first-order chi connectivity index (χ1) is 28.4. The zero-order chi connectivity index (χ0) is 43.7. The molecule has 336 valence electrons. The molecule has 11 heteroatoms. The van der Waals surface area contributed by atoms with Gasteiger partial charge in [-0.3, -0.25) is 23.4 Å². The number of phosphoric acid groups is 1. The SMILES string of the molecule is CCCCC/C=C\C/C=C\C/C=C\CCCCCCC(=O)OC[C@H](COP(=O)(O)OCC[N+](C)(C)C)OC(=O)CCC/C=C\C/C=C\C/C=C\C=C\C(=O)CCCCC. The van der Waals surface area contributed by atoms with Crippen LogP contribution in [0.25, 0.3) is 0 Å². The molecule has 1 N–H and O–H groups in total. The van der Waals surface area contributed by atoms with Crippen molar-refractivity contribution in [3.63, 3.8) is 0 Å². The zero-order valence-electron chi connectivity index (χ0n) is 37.4. The standard InChI is InChI=1S/C48H80NO9P/c1-6-8-10-11-12-13-14-15-16-17-18-19-22-25-28-31-35-39-47(51)55-43-46(44-57-59(53,54)56-42-41-49(3,4)5)58-48(52)40-36-32-29-26-23-20-21-24-27-30-34-38-45(50)37-33-9-7-2/h12-13,15-16,18-21,26-27,29-30,34,38,46H,6-11,14,17,22-25,28,31-33,35-37,39-44H2,1-5H3/p+1/b13-12-,16-15-,19-18-,21-20-,29-26-,30-27-,38-34+/t46-/m1/s1. The number of ether oxygens (including phenoxy) is 2. The second-order valence-electron chi connectivity index (χ2n) is 15.8. The van der Waals surface area contributed by atoms with E-state index in [0.717, 1.165) is 70.6 Å². The second kappa shape index (κ2) is 39.0. The minimum Gasteiger partial charge on any atom is -0.462 e. The first-order valence-electron chi connectivity index (χ1n) is 22.3. The van der Waals surface area contributed by atoms with Crippen molar-refractivity contribution in [1.82, 2.24) is 0 Å². The van der Waals surface area contributed by atoms with Gasteiger partial charge in [0.05, 0.1) is 27.7 Å². The second-order valence-corrected chi connectivity index (χ2v) is 17.2. The molecule has 10 nitrogen and oxygen atoms in total. The van der Waals surface area contributed by atoms with Crippen molar-refractivity contribution >= 4 is 25.5 Å². The van der Waals surface area contributed by atoms with Gasteiger partial charge in [-0.1, -0.05) is 131 Å². The van der Waals surface area contributed by atoms with Crippen LogP contribution >= 0.6 is 7.82 Å². The van der Waals surface area contributed by atoms with E-state index in [0.29, 0.717) is 36.7 Å². The quantitative estimate of drug-likeness (QED) is 0.0122. The van der Waals surface area contributed by atoms with Crippen molar-refractivity contribution in [3.05, 3.63) is 85.1 Å². The molecule has 0 aliphatic heterocycles. The fraction of sp³-hybridized carbons (Fsp3) is 0.646. The summed E-state index contributed by atoms with van der Waals surface area (Å²) >= 11 is 0. The van der Waals surface area contributed by atoms with E-state index in [2.05, 4.69) is 62.5 Å². The number of phosphoric ester groups is 1. The molecule has 0 amide bonds. The Hall–Kier alpha value is -3.14. The molecule has 0 fully saturated rings. The van der Waals surface area contributed by atoms with Crippen molar-refractivity contribution in [3.8, 4) is 0 Å². The number of likely N-dealkylation sites (N-methyl/N-ethyl adjacent to an activating group) is 1. The van der Waals surface area contributed by atoms with Crippen LogP contribution in [0.3, 0.4) is 0 Å². The minimum atomic E-state index is -4.42. The average Bonchev–Trinajstić information content (AvgIpc) is 3.18. The van der Waals surface area contributed by atoms with Crippen LogP contribution in [0.5, 0.6) is 0 Å². The Morgan fingerprint density at radius 1 is 0.576 bits per heavy atom. The fourth-order valence-electron chi connectivity index (χ4n) is 5.32. The summed E-state index contributed by atoms with van der Waals surface area (Å²) in [7, 11) is 1.38. The number of ketones is 1. The highest BCUT2D eigenvalue weighted by Crippen LogP contribution is 2.43. The first-order valence-corrected chi connectivity index (χ1v) is 23.8. The van der Waals surface area contributed by atoms with E-state index in [9.17, 15) is 23.8 Å². The molecule has 59 heavy (non-hydrogen) atoms. The van der Waals surface area contributed by atoms with Crippen LogP contribution in [-0.4, -0.2) is 80.7 Å². The van der Waals surface area contributed by atoms with Crippen LogP contribution in [0.15, 0.2) is 85.1 Å². The fourth-order valence-corrected chi connectivity index (χ4v) is 6.06. The molecule has 0 aromatic heterocycles. The molecule has 2 atom stereocenters. The Morgan fingerprint density at radius 3 is 1.69 bits per heavy atom. The maximum Gasteiger partial charge on any atom is 0.472 e. The monoisotopic (exact) mass is 847 g/mol. The third kappa shape index (κ3) is 42.8. The van der Waals surface area contributed by atoms with E-state index < -0.39 is 32.5 Å². The first kappa shape index (κ1) is 55.9. The lowest BCUT2D eigenvalue weighted by atomic mass is 10.1. The molecule has 0 aliphatic rings. The summed E-state index contributed by atoms with van der Waals surface area (Å²) in [5.74, 6) is -0.767. The van der Waals surface area contributed by atoms with Crippen molar-refractivity contribution in [1.29, 1.82) is 0 Å². The van der Waals surface area contributed by atoms with Crippen molar-refractivity contribution in [2.75, 3.05) is 47.5 Å². The van der Waals surface area contributed by atoms with Crippen LogP contribution in [0.2, 0.25) is 0 Å². The summed E-state index contributed by atoms with van der Waals surface area (Å²) in [6.07, 6.45) is 46.2. The number of unbranched alkanes of at least 4 members (excludes halogenated alkanes) is 10. The number of quaternary nitrogens is 1. The smallest absolute Gasteiger partial charge is 0.462 e. The van der Waals surface area contributed by atoms with E-state index in [4.69, 9.17) is 18.5 Å². The topological polar surface area (TPSA) is 125 Å². The molecule has 0 aliphatic carbocycles. The number of nitrogens with zero attached hydrogens (tertiary/aromatic N) is 1. The number of carbonyl (C=O) groups is 3. The third-order valence-electron chi connectivity index (χ3n) is 8.87. The molecule has 0 spiro atoms. The van der Waals surface area contributed by atoms with Gasteiger partial charge in [0.15, 0.2) is 11.9 Å². The van der Waals surface area contributed by atoms with E-state index in [-0.39, 0.29) is 31.8 Å². The summed E-state index contributed by atoms with van der Waals surface area (Å²) < 4.78 is 34.2. The normalized spacial score (nSPS) is 14.3. The van der Waals surface area contributed by atoms with Crippen molar-refractivity contribution in [2.24, 2.45) is 0 Å². The van der Waals surface area contributed by atoms with Gasteiger partial charge in [0, 0.05) is 19.3 Å². The Labute approximate surface area is 358 Å². The molecule has 0 saturated carbocycles. The molecular formula is C48H81NO9P+. The Bertz CT molecular complexity index is 1340. The lowest BCUT2D eigenvalue weighted by molar-refractivity contribution is -0.870. The van der Waals surface area contributed by atoms with Gasteiger partial charge in [-0.15, -0.1) is 0 Å². The number of allylic oxidation sites excluding steroid dienone is 14. The minimum absolute atomic E-state index is 0.00213. The highest BCUT2D eigenvalue weighted by molar-refractivity contribution is 7.47. The maximum atomic E-state index is 12.7. The van der Waals surface area contributed by atoms with Gasteiger partial charge in [-0.05, 0) is 83.1 Å². The lowest BCUT2D eigenvalue weighted by Gasteiger charge is -2.24. The van der Waals surface area contributed by atoms with E-state index in [1.54, 1.807) is 12.2 Å². The van der Waals surface area contributed by atoms with Gasteiger partial charge >= 0.3 is 19.8 Å². The Morgan fingerprint density at radius 2 is 1.08 bits per heavy atom. The van der Waals surface area contributed by atoms with Crippen molar-refractivity contribution < 1.29 is 46.8 Å². The van der Waals surface area contributed by atoms with Gasteiger partial charge < -0.3 is 18.9 Å². The molecule has 0 aromatic rings. The summed E-state index contributed by atoms with van der Waals surface area (Å²) in [4.78, 5) is 47.1. The molecular weight excluding hydrogens is 765 g/mol. The molecule has 0 radical (unpaired) electrons. The van der Waals surface area contributed by atoms with Crippen molar-refractivity contribution in [2.45, 2.75) is 155 Å². The average molecular weight is 847 g/mol. The van der Waals surface area contributed by atoms with E-state index >= 15 is 0 Å². The van der Waals surface area contributed by atoms with Gasteiger partial charge in [-0.2, -0.15) is 0 Å². The molecule has 0 heterocycles. The molecule has 0 rings (SSSR count). The zero-order valence-corrected chi connectivity index (χ0v) is 38.3. The largest absolute Gasteiger partial charge is 0.472 e. The Kier molecular flexibility index (Phi) is 36.9. The summed E-state index contributed by atoms with van der Waals surface area (Å²) in [6.45, 7) is 4.09. The summed E-state index contributed by atoms with van der Waals surface area (Å²) in [5.41, 5.74) is 0. The molecule has 0 saturated heterocycles. The molecule has 1 unspecified atom stereocenters. The highest BCUT2D eigenvalue weighted by Gasteiger charge is 2.27. The maximum absolute atomic E-state index is 12.7. The van der Waals surface area contributed by atoms with Crippen LogP contribution in [0.1, 0.15) is 149 Å². The number of carbonyl (C=O) groups excluding carboxylic acids is 3. The van der Waals surface area contributed by atoms with Gasteiger partial charge in [0.25, 0.3) is 0 Å². The van der Waals surface area contributed by atoms with E-state index in [1.807, 2.05) is 45.4 Å².